The lowest BCUT2D eigenvalue weighted by atomic mass is 10.0. The van der Waals surface area contributed by atoms with E-state index in [9.17, 15) is 13.2 Å². The van der Waals surface area contributed by atoms with Crippen molar-refractivity contribution < 1.29 is 13.2 Å². The summed E-state index contributed by atoms with van der Waals surface area (Å²) in [6, 6.07) is 7.88. The molecule has 2 saturated heterocycles. The molecule has 0 spiro atoms. The van der Waals surface area contributed by atoms with Gasteiger partial charge in [-0.1, -0.05) is 24.6 Å². The Morgan fingerprint density at radius 3 is 2.48 bits per heavy atom. The molecule has 138 valence electrons. The normalized spacial score (nSPS) is 24.0. The third-order valence-corrected chi connectivity index (χ3v) is 7.04. The average Bonchev–Trinajstić information content (AvgIpc) is 2.86. The van der Waals surface area contributed by atoms with Crippen LogP contribution < -0.4 is 0 Å². The Labute approximate surface area is 150 Å². The minimum Gasteiger partial charge on any atom is -0.340 e. The SMILES string of the molecule is CN1CCCN(C(=O)C2CCCCN2S(=O)(=O)c2ccccc2)CC1. The predicted molar refractivity (Wildman–Crippen MR) is 96.7 cm³/mol. The molecule has 2 heterocycles. The lowest BCUT2D eigenvalue weighted by molar-refractivity contribution is -0.136. The molecule has 25 heavy (non-hydrogen) atoms. The maximum absolute atomic E-state index is 13.1. The summed E-state index contributed by atoms with van der Waals surface area (Å²) in [5, 5.41) is 0. The number of likely N-dealkylation sites (N-methyl/N-ethyl adjacent to an activating group) is 1. The van der Waals surface area contributed by atoms with Crippen LogP contribution in [0.5, 0.6) is 0 Å². The Kier molecular flexibility index (Phi) is 5.76. The summed E-state index contributed by atoms with van der Waals surface area (Å²) in [6.45, 7) is 3.61. The number of carbonyl (C=O) groups is 1. The van der Waals surface area contributed by atoms with Crippen molar-refractivity contribution in [2.75, 3.05) is 39.8 Å². The molecule has 0 N–H and O–H groups in total. The van der Waals surface area contributed by atoms with Gasteiger partial charge in [-0.3, -0.25) is 4.79 Å². The van der Waals surface area contributed by atoms with E-state index in [4.69, 9.17) is 0 Å². The van der Waals surface area contributed by atoms with Gasteiger partial charge in [0, 0.05) is 26.2 Å². The van der Waals surface area contributed by atoms with Gasteiger partial charge < -0.3 is 9.80 Å². The number of benzene rings is 1. The molecule has 1 aromatic carbocycles. The van der Waals surface area contributed by atoms with Gasteiger partial charge in [0.25, 0.3) is 0 Å². The zero-order chi connectivity index (χ0) is 17.9. The first-order valence-electron chi connectivity index (χ1n) is 9.04. The molecule has 0 saturated carbocycles. The third kappa shape index (κ3) is 4.04. The summed E-state index contributed by atoms with van der Waals surface area (Å²) in [5.41, 5.74) is 0. The molecule has 3 rings (SSSR count). The van der Waals surface area contributed by atoms with Crippen LogP contribution in [-0.4, -0.2) is 74.2 Å². The Morgan fingerprint density at radius 2 is 1.72 bits per heavy atom. The maximum Gasteiger partial charge on any atom is 0.243 e. The molecule has 6 nitrogen and oxygen atoms in total. The Morgan fingerprint density at radius 1 is 0.960 bits per heavy atom. The minimum absolute atomic E-state index is 0.0329. The number of piperidine rings is 1. The lowest BCUT2D eigenvalue weighted by Crippen LogP contribution is -2.53. The molecular weight excluding hydrogens is 338 g/mol. The van der Waals surface area contributed by atoms with Gasteiger partial charge in [0.15, 0.2) is 0 Å². The molecule has 0 aromatic heterocycles. The van der Waals surface area contributed by atoms with Crippen LogP contribution in [-0.2, 0) is 14.8 Å². The van der Waals surface area contributed by atoms with E-state index in [0.29, 0.717) is 26.1 Å². The highest BCUT2D eigenvalue weighted by Crippen LogP contribution is 2.26. The van der Waals surface area contributed by atoms with E-state index in [2.05, 4.69) is 11.9 Å². The molecule has 0 aliphatic carbocycles. The van der Waals surface area contributed by atoms with E-state index in [1.165, 1.54) is 4.31 Å². The van der Waals surface area contributed by atoms with Gasteiger partial charge in [-0.15, -0.1) is 0 Å². The number of rotatable bonds is 3. The smallest absolute Gasteiger partial charge is 0.243 e. The number of hydrogen-bond acceptors (Lipinski definition) is 4. The van der Waals surface area contributed by atoms with Crippen molar-refractivity contribution in [1.29, 1.82) is 0 Å². The number of amides is 1. The highest BCUT2D eigenvalue weighted by atomic mass is 32.2. The largest absolute Gasteiger partial charge is 0.340 e. The van der Waals surface area contributed by atoms with Crippen molar-refractivity contribution in [3.05, 3.63) is 30.3 Å². The quantitative estimate of drug-likeness (QED) is 0.812. The fourth-order valence-electron chi connectivity index (χ4n) is 3.65. The Bertz CT molecular complexity index is 693. The summed E-state index contributed by atoms with van der Waals surface area (Å²) in [5.74, 6) is -0.0329. The summed E-state index contributed by atoms with van der Waals surface area (Å²) < 4.78 is 27.5. The number of sulfonamides is 1. The van der Waals surface area contributed by atoms with Gasteiger partial charge in [-0.25, -0.2) is 8.42 Å². The molecule has 1 atom stereocenters. The monoisotopic (exact) mass is 365 g/mol. The lowest BCUT2D eigenvalue weighted by Gasteiger charge is -2.36. The fraction of sp³-hybridized carbons (Fsp3) is 0.611. The van der Waals surface area contributed by atoms with Crippen LogP contribution in [0.15, 0.2) is 35.2 Å². The Balaban J connectivity index is 1.82. The van der Waals surface area contributed by atoms with Crippen molar-refractivity contribution in [2.45, 2.75) is 36.6 Å². The van der Waals surface area contributed by atoms with E-state index in [1.54, 1.807) is 30.3 Å². The van der Waals surface area contributed by atoms with Crippen LogP contribution in [0.3, 0.4) is 0 Å². The standard InChI is InChI=1S/C18H27N3O3S/c1-19-11-7-12-20(15-14-19)18(22)17-10-5-6-13-21(17)25(23,24)16-8-3-2-4-9-16/h2-4,8-9,17H,5-7,10-15H2,1H3. The molecule has 0 radical (unpaired) electrons. The maximum atomic E-state index is 13.1. The highest BCUT2D eigenvalue weighted by Gasteiger charge is 2.39. The summed E-state index contributed by atoms with van der Waals surface area (Å²) in [7, 11) is -1.58. The van der Waals surface area contributed by atoms with Crippen molar-refractivity contribution in [3.63, 3.8) is 0 Å². The predicted octanol–water partition coefficient (Wildman–Crippen LogP) is 1.39. The van der Waals surface area contributed by atoms with E-state index in [0.717, 1.165) is 32.4 Å². The van der Waals surface area contributed by atoms with Crippen LogP contribution in [0.1, 0.15) is 25.7 Å². The van der Waals surface area contributed by atoms with Gasteiger partial charge in [-0.2, -0.15) is 4.31 Å². The number of carbonyl (C=O) groups excluding carboxylic acids is 1. The molecule has 7 heteroatoms. The van der Waals surface area contributed by atoms with E-state index >= 15 is 0 Å². The van der Waals surface area contributed by atoms with Crippen molar-refractivity contribution in [3.8, 4) is 0 Å². The Hall–Kier alpha value is -1.44. The number of nitrogens with zero attached hydrogens (tertiary/aromatic N) is 3. The zero-order valence-corrected chi connectivity index (χ0v) is 15.6. The topological polar surface area (TPSA) is 60.9 Å². The highest BCUT2D eigenvalue weighted by molar-refractivity contribution is 7.89. The summed E-state index contributed by atoms with van der Waals surface area (Å²) in [6.07, 6.45) is 3.24. The molecular formula is C18H27N3O3S. The number of hydrogen-bond donors (Lipinski definition) is 0. The van der Waals surface area contributed by atoms with E-state index in [1.807, 2.05) is 4.90 Å². The fourth-order valence-corrected chi connectivity index (χ4v) is 5.32. The first-order chi connectivity index (χ1) is 12.0. The molecule has 2 aliphatic heterocycles. The van der Waals surface area contributed by atoms with Crippen LogP contribution >= 0.6 is 0 Å². The first kappa shape index (κ1) is 18.4. The van der Waals surface area contributed by atoms with E-state index in [-0.39, 0.29) is 10.8 Å². The molecule has 1 unspecified atom stereocenters. The third-order valence-electron chi connectivity index (χ3n) is 5.12. The second kappa shape index (κ2) is 7.85. The minimum atomic E-state index is -3.64. The van der Waals surface area contributed by atoms with Crippen molar-refractivity contribution >= 4 is 15.9 Å². The van der Waals surface area contributed by atoms with E-state index < -0.39 is 16.1 Å². The molecule has 0 bridgehead atoms. The molecule has 2 aliphatic rings. The summed E-state index contributed by atoms with van der Waals surface area (Å²) >= 11 is 0. The van der Waals surface area contributed by atoms with Crippen LogP contribution in [0, 0.1) is 0 Å². The van der Waals surface area contributed by atoms with Crippen molar-refractivity contribution in [2.24, 2.45) is 0 Å². The van der Waals surface area contributed by atoms with Crippen molar-refractivity contribution in [1.82, 2.24) is 14.1 Å². The average molecular weight is 365 g/mol. The zero-order valence-electron chi connectivity index (χ0n) is 14.8. The first-order valence-corrected chi connectivity index (χ1v) is 10.5. The summed E-state index contributed by atoms with van der Waals surface area (Å²) in [4.78, 5) is 17.4. The second-order valence-corrected chi connectivity index (χ2v) is 8.81. The molecule has 1 aromatic rings. The second-order valence-electron chi connectivity index (χ2n) is 6.92. The van der Waals surface area contributed by atoms with Gasteiger partial charge >= 0.3 is 0 Å². The van der Waals surface area contributed by atoms with Gasteiger partial charge in [0.05, 0.1) is 4.90 Å². The van der Waals surface area contributed by atoms with Crippen LogP contribution in [0.2, 0.25) is 0 Å². The van der Waals surface area contributed by atoms with Crippen LogP contribution in [0.4, 0.5) is 0 Å². The molecule has 1 amide bonds. The van der Waals surface area contributed by atoms with Gasteiger partial charge in [0.1, 0.15) is 6.04 Å². The van der Waals surface area contributed by atoms with Gasteiger partial charge in [-0.05, 0) is 45.0 Å². The van der Waals surface area contributed by atoms with Gasteiger partial charge in [0.2, 0.25) is 15.9 Å². The molecule has 2 fully saturated rings. The van der Waals surface area contributed by atoms with Crippen LogP contribution in [0.25, 0.3) is 0 Å².